The highest BCUT2D eigenvalue weighted by Crippen LogP contribution is 2.45. The number of nitrogens with zero attached hydrogens (tertiary/aromatic N) is 7. The van der Waals surface area contributed by atoms with Gasteiger partial charge in [-0.2, -0.15) is 27.5 Å². The van der Waals surface area contributed by atoms with Gasteiger partial charge in [0.15, 0.2) is 6.10 Å². The second-order valence-electron chi connectivity index (χ2n) is 12.2. The zero-order valence-electron chi connectivity index (χ0n) is 26.8. The van der Waals surface area contributed by atoms with Gasteiger partial charge in [-0.05, 0) is 32.9 Å². The first-order valence-corrected chi connectivity index (χ1v) is 14.8. The molecule has 51 heavy (non-hydrogen) atoms. The topological polar surface area (TPSA) is 259 Å². The molecule has 1 amide bonds. The van der Waals surface area contributed by atoms with Crippen LogP contribution in [-0.2, 0) is 36.8 Å². The third-order valence-electron chi connectivity index (χ3n) is 7.24. The predicted octanol–water partition coefficient (Wildman–Crippen LogP) is 0.162. The number of rotatable bonds is 9. The maximum atomic E-state index is 15.7. The minimum atomic E-state index is -4.00. The number of nitrogen functional groups attached to an aromatic ring is 1. The third-order valence-corrected chi connectivity index (χ3v) is 7.24. The number of anilines is 2. The van der Waals surface area contributed by atoms with Gasteiger partial charge in [-0.15, -0.1) is 5.10 Å². The van der Waals surface area contributed by atoms with Crippen LogP contribution in [0.5, 0.6) is 0 Å². The summed E-state index contributed by atoms with van der Waals surface area (Å²) in [6.07, 6.45) is -12.2. The van der Waals surface area contributed by atoms with Crippen LogP contribution in [0.4, 0.5) is 38.8 Å². The number of hydrogen-bond donors (Lipinski definition) is 4. The van der Waals surface area contributed by atoms with Crippen LogP contribution in [0.3, 0.4) is 0 Å². The fourth-order valence-electron chi connectivity index (χ4n) is 4.98. The Bertz CT molecular complexity index is 1880. The van der Waals surface area contributed by atoms with Crippen LogP contribution < -0.4 is 22.4 Å². The summed E-state index contributed by atoms with van der Waals surface area (Å²) < 4.78 is 87.5. The summed E-state index contributed by atoms with van der Waals surface area (Å²) in [7, 11) is 0. The SMILES string of the molecule is CC(C)(C)OC(=O)O[C@@H]1[C@@H](Cn2cc(COC(=O)Nc3ccn([C@@H]4O[C@H](CO)[C@@H](O)C4(F)F)c(=O)n3)nn2)O[C@@H](n2ccc(N)nc2=O)C1(F)F. The number of carbonyl (C=O) groups is 2. The molecule has 6 atom stereocenters. The third kappa shape index (κ3) is 7.92. The summed E-state index contributed by atoms with van der Waals surface area (Å²) in [6, 6.07) is 2.06. The summed E-state index contributed by atoms with van der Waals surface area (Å²) in [6.45, 7) is 2.45. The smallest absolute Gasteiger partial charge is 0.443 e. The van der Waals surface area contributed by atoms with E-state index in [-0.39, 0.29) is 11.5 Å². The number of amides is 1. The Labute approximate surface area is 282 Å². The molecule has 0 aromatic carbocycles. The monoisotopic (exact) mass is 733 g/mol. The number of ether oxygens (including phenoxy) is 5. The largest absolute Gasteiger partial charge is 0.509 e. The van der Waals surface area contributed by atoms with E-state index < -0.39 is 104 Å². The number of alkyl halides is 4. The molecule has 0 aliphatic carbocycles. The van der Waals surface area contributed by atoms with E-state index >= 15 is 8.78 Å². The number of aromatic nitrogens is 7. The van der Waals surface area contributed by atoms with Crippen molar-refractivity contribution in [3.8, 4) is 0 Å². The second-order valence-corrected chi connectivity index (χ2v) is 12.2. The van der Waals surface area contributed by atoms with Crippen LogP contribution >= 0.6 is 0 Å². The molecule has 2 saturated heterocycles. The number of nitrogens with one attached hydrogen (secondary N) is 1. The molecule has 2 fully saturated rings. The molecule has 0 bridgehead atoms. The number of carbonyl (C=O) groups excluding carboxylic acids is 2. The first-order valence-electron chi connectivity index (χ1n) is 14.8. The molecule has 0 unspecified atom stereocenters. The van der Waals surface area contributed by atoms with Gasteiger partial charge in [0.2, 0.25) is 18.6 Å². The van der Waals surface area contributed by atoms with Gasteiger partial charge in [0.25, 0.3) is 0 Å². The molecule has 0 radical (unpaired) electrons. The van der Waals surface area contributed by atoms with Crippen molar-refractivity contribution >= 4 is 23.9 Å². The lowest BCUT2D eigenvalue weighted by molar-refractivity contribution is -0.149. The fraction of sp³-hybridized carbons (Fsp3) is 0.556. The van der Waals surface area contributed by atoms with E-state index in [9.17, 15) is 33.1 Å². The standard InChI is InChI=1S/C27H31F4N9O11/c1-25(2,3)51-24(46)50-18-13(48-20(27(18,30)31)39-6-4-15(32)33-21(39)43)9-38-8-12(36-37-38)11-47-23(45)35-16-5-7-40(22(44)34-16)19-26(28,29)17(42)14(10-41)49-19/h4-8,13-14,17-20,41-42H,9-11H2,1-3H3,(H2,32,33,43)(H,34,35,44,45)/t13-,14-,17-,18-,19-,20-/m1/s1. The number of aliphatic hydroxyl groups excluding tert-OH is 2. The van der Waals surface area contributed by atoms with Gasteiger partial charge in [0.1, 0.15) is 41.7 Å². The molecule has 2 aliphatic heterocycles. The van der Waals surface area contributed by atoms with Gasteiger partial charge in [-0.1, -0.05) is 5.21 Å². The highest BCUT2D eigenvalue weighted by atomic mass is 19.3. The zero-order chi connectivity index (χ0) is 37.5. The van der Waals surface area contributed by atoms with E-state index in [4.69, 9.17) is 34.5 Å². The highest BCUT2D eigenvalue weighted by molar-refractivity contribution is 5.83. The Morgan fingerprint density at radius 2 is 1.65 bits per heavy atom. The van der Waals surface area contributed by atoms with Crippen molar-refractivity contribution in [1.29, 1.82) is 0 Å². The van der Waals surface area contributed by atoms with Crippen molar-refractivity contribution in [1.82, 2.24) is 34.1 Å². The first-order chi connectivity index (χ1) is 23.8. The lowest BCUT2D eigenvalue weighted by Gasteiger charge is -2.26. The van der Waals surface area contributed by atoms with Crippen LogP contribution in [-0.4, -0.2) is 105 Å². The summed E-state index contributed by atoms with van der Waals surface area (Å²) in [5.74, 6) is -8.59. The summed E-state index contributed by atoms with van der Waals surface area (Å²) >= 11 is 0. The fourth-order valence-corrected chi connectivity index (χ4v) is 4.98. The molecule has 5 rings (SSSR count). The highest BCUT2D eigenvalue weighted by Gasteiger charge is 2.63. The van der Waals surface area contributed by atoms with Crippen LogP contribution in [0.2, 0.25) is 0 Å². The van der Waals surface area contributed by atoms with Crippen molar-refractivity contribution in [3.05, 3.63) is 57.4 Å². The quantitative estimate of drug-likeness (QED) is 0.169. The molecular formula is C27H31F4N9O11. The average Bonchev–Trinajstić information content (AvgIpc) is 3.64. The van der Waals surface area contributed by atoms with Gasteiger partial charge in [0, 0.05) is 12.4 Å². The first kappa shape index (κ1) is 37.1. The molecule has 3 aromatic rings. The minimum Gasteiger partial charge on any atom is -0.443 e. The Balaban J connectivity index is 1.23. The van der Waals surface area contributed by atoms with Crippen molar-refractivity contribution in [2.24, 2.45) is 0 Å². The van der Waals surface area contributed by atoms with Crippen molar-refractivity contribution in [2.45, 2.75) is 88.2 Å². The van der Waals surface area contributed by atoms with Gasteiger partial charge >= 0.3 is 35.5 Å². The van der Waals surface area contributed by atoms with E-state index in [0.717, 1.165) is 29.2 Å². The molecule has 0 spiro atoms. The normalized spacial score (nSPS) is 25.4. The van der Waals surface area contributed by atoms with Crippen LogP contribution in [0.1, 0.15) is 38.9 Å². The summed E-state index contributed by atoms with van der Waals surface area (Å²) in [5.41, 5.74) is 1.89. The molecule has 20 nitrogen and oxygen atoms in total. The molecule has 24 heteroatoms. The lowest BCUT2D eigenvalue weighted by Crippen LogP contribution is -2.45. The minimum absolute atomic E-state index is 0.0176. The maximum absolute atomic E-state index is 15.7. The molecule has 278 valence electrons. The van der Waals surface area contributed by atoms with Crippen LogP contribution in [0.25, 0.3) is 0 Å². The van der Waals surface area contributed by atoms with E-state index in [1.54, 1.807) is 0 Å². The number of aliphatic hydroxyl groups is 2. The molecule has 3 aromatic heterocycles. The van der Waals surface area contributed by atoms with E-state index in [1.807, 2.05) is 0 Å². The molecule has 0 saturated carbocycles. The molecule has 2 aliphatic rings. The van der Waals surface area contributed by atoms with E-state index in [2.05, 4.69) is 25.6 Å². The van der Waals surface area contributed by atoms with Crippen molar-refractivity contribution < 1.29 is 61.0 Å². The molecule has 5 N–H and O–H groups in total. The Morgan fingerprint density at radius 1 is 1.02 bits per heavy atom. The zero-order valence-corrected chi connectivity index (χ0v) is 26.8. The second kappa shape index (κ2) is 13.8. The van der Waals surface area contributed by atoms with Gasteiger partial charge in [-0.3, -0.25) is 14.5 Å². The van der Waals surface area contributed by atoms with Gasteiger partial charge in [-0.25, -0.2) is 23.9 Å². The Kier molecular flexibility index (Phi) is 10.1. The summed E-state index contributed by atoms with van der Waals surface area (Å²) in [4.78, 5) is 56.4. The number of nitrogens with two attached hydrogens (primary N) is 1. The number of hydrogen-bond acceptors (Lipinski definition) is 16. The number of halogens is 4. The van der Waals surface area contributed by atoms with Crippen molar-refractivity contribution in [3.63, 3.8) is 0 Å². The van der Waals surface area contributed by atoms with E-state index in [1.165, 1.54) is 27.0 Å². The molecule has 5 heterocycles. The average molecular weight is 734 g/mol. The van der Waals surface area contributed by atoms with E-state index in [0.29, 0.717) is 9.13 Å². The van der Waals surface area contributed by atoms with Crippen molar-refractivity contribution in [2.75, 3.05) is 17.7 Å². The maximum Gasteiger partial charge on any atom is 0.509 e. The Hall–Kier alpha value is -5.20. The Morgan fingerprint density at radius 3 is 2.25 bits per heavy atom. The van der Waals surface area contributed by atoms with Crippen LogP contribution in [0, 0.1) is 0 Å². The predicted molar refractivity (Wildman–Crippen MR) is 157 cm³/mol. The van der Waals surface area contributed by atoms with Crippen LogP contribution in [0.15, 0.2) is 40.3 Å². The van der Waals surface area contributed by atoms with Gasteiger partial charge in [0.05, 0.1) is 19.3 Å². The summed E-state index contributed by atoms with van der Waals surface area (Å²) in [5, 5.41) is 28.5. The van der Waals surface area contributed by atoms with Gasteiger partial charge < -0.3 is 39.6 Å². The molecular weight excluding hydrogens is 702 g/mol. The lowest BCUT2D eigenvalue weighted by atomic mass is 10.1.